The minimum atomic E-state index is 0.0108. The molecule has 1 fully saturated rings. The molecule has 1 aliphatic carbocycles. The van der Waals surface area contributed by atoms with Crippen LogP contribution >= 0.6 is 11.6 Å². The van der Waals surface area contributed by atoms with Crippen molar-refractivity contribution in [2.75, 3.05) is 11.9 Å². The molecule has 0 aliphatic heterocycles. The summed E-state index contributed by atoms with van der Waals surface area (Å²) < 4.78 is 0. The molecule has 0 bridgehead atoms. The molecule has 1 aromatic rings. The van der Waals surface area contributed by atoms with E-state index in [0.717, 1.165) is 29.5 Å². The Kier molecular flexibility index (Phi) is 4.18. The fourth-order valence-corrected chi connectivity index (χ4v) is 3.09. The maximum Gasteiger partial charge on any atom is 0.0637 e. The van der Waals surface area contributed by atoms with Gasteiger partial charge in [0.1, 0.15) is 0 Å². The highest BCUT2D eigenvalue weighted by molar-refractivity contribution is 6.33. The summed E-state index contributed by atoms with van der Waals surface area (Å²) in [7, 11) is 0. The third-order valence-corrected chi connectivity index (χ3v) is 4.76. The quantitative estimate of drug-likeness (QED) is 0.871. The molecule has 18 heavy (non-hydrogen) atoms. The highest BCUT2D eigenvalue weighted by Crippen LogP contribution is 2.38. The standard InChI is InChI=1S/C15H23ClN2/c1-11-7-8-15(10-17,9-12(11)2)18-14-6-4-3-5-13(14)16/h3-6,11-12,18H,7-10,17H2,1-2H3. The fourth-order valence-electron chi connectivity index (χ4n) is 2.91. The molecule has 2 rings (SSSR count). The summed E-state index contributed by atoms with van der Waals surface area (Å²) >= 11 is 6.22. The van der Waals surface area contributed by atoms with Crippen LogP contribution in [0.1, 0.15) is 33.1 Å². The van der Waals surface area contributed by atoms with Gasteiger partial charge in [0.15, 0.2) is 0 Å². The zero-order chi connectivity index (χ0) is 13.2. The van der Waals surface area contributed by atoms with Crippen LogP contribution in [0, 0.1) is 11.8 Å². The van der Waals surface area contributed by atoms with Crippen LogP contribution in [0.15, 0.2) is 24.3 Å². The predicted molar refractivity (Wildman–Crippen MR) is 79.0 cm³/mol. The minimum absolute atomic E-state index is 0.0108. The van der Waals surface area contributed by atoms with Crippen LogP contribution in [-0.4, -0.2) is 12.1 Å². The van der Waals surface area contributed by atoms with Crippen molar-refractivity contribution in [3.8, 4) is 0 Å². The van der Waals surface area contributed by atoms with Crippen molar-refractivity contribution >= 4 is 17.3 Å². The van der Waals surface area contributed by atoms with Gasteiger partial charge < -0.3 is 11.1 Å². The van der Waals surface area contributed by atoms with Crippen LogP contribution in [0.5, 0.6) is 0 Å². The zero-order valence-electron chi connectivity index (χ0n) is 11.2. The van der Waals surface area contributed by atoms with Gasteiger partial charge in [-0.05, 0) is 43.2 Å². The third kappa shape index (κ3) is 2.81. The molecule has 0 amide bonds. The number of anilines is 1. The second-order valence-corrected chi connectivity index (χ2v) is 6.19. The number of hydrogen-bond acceptors (Lipinski definition) is 2. The van der Waals surface area contributed by atoms with Gasteiger partial charge in [-0.25, -0.2) is 0 Å². The number of rotatable bonds is 3. The predicted octanol–water partition coefficient (Wildman–Crippen LogP) is 3.91. The molecule has 0 spiro atoms. The average molecular weight is 267 g/mol. The topological polar surface area (TPSA) is 38.0 Å². The van der Waals surface area contributed by atoms with E-state index in [1.165, 1.54) is 6.42 Å². The van der Waals surface area contributed by atoms with Crippen molar-refractivity contribution in [2.24, 2.45) is 17.6 Å². The SMILES string of the molecule is CC1CCC(CN)(Nc2ccccc2Cl)CC1C. The number of hydrogen-bond donors (Lipinski definition) is 2. The fraction of sp³-hybridized carbons (Fsp3) is 0.600. The van der Waals surface area contributed by atoms with Crippen LogP contribution in [-0.2, 0) is 0 Å². The molecule has 0 heterocycles. The normalized spacial score (nSPS) is 32.2. The van der Waals surface area contributed by atoms with Crippen molar-refractivity contribution in [2.45, 2.75) is 38.6 Å². The molecular formula is C15H23ClN2. The Labute approximate surface area is 115 Å². The molecule has 0 aromatic heterocycles. The van der Waals surface area contributed by atoms with Gasteiger partial charge in [-0.2, -0.15) is 0 Å². The molecule has 0 radical (unpaired) electrons. The Morgan fingerprint density at radius 1 is 1.33 bits per heavy atom. The Balaban J connectivity index is 2.16. The first-order valence-electron chi connectivity index (χ1n) is 6.79. The molecule has 3 atom stereocenters. The Morgan fingerprint density at radius 3 is 2.67 bits per heavy atom. The molecule has 1 aliphatic rings. The van der Waals surface area contributed by atoms with Crippen LogP contribution in [0.4, 0.5) is 5.69 Å². The third-order valence-electron chi connectivity index (χ3n) is 4.43. The van der Waals surface area contributed by atoms with E-state index in [-0.39, 0.29) is 5.54 Å². The van der Waals surface area contributed by atoms with Crippen LogP contribution in [0.3, 0.4) is 0 Å². The summed E-state index contributed by atoms with van der Waals surface area (Å²) in [6.45, 7) is 5.32. The lowest BCUT2D eigenvalue weighted by Gasteiger charge is -2.43. The summed E-state index contributed by atoms with van der Waals surface area (Å²) in [6.07, 6.45) is 3.48. The monoisotopic (exact) mass is 266 g/mol. The molecule has 3 N–H and O–H groups in total. The van der Waals surface area contributed by atoms with Crippen molar-refractivity contribution in [1.82, 2.24) is 0 Å². The van der Waals surface area contributed by atoms with Crippen molar-refractivity contribution < 1.29 is 0 Å². The Morgan fingerprint density at radius 2 is 2.06 bits per heavy atom. The first-order chi connectivity index (χ1) is 8.56. The van der Waals surface area contributed by atoms with E-state index < -0.39 is 0 Å². The van der Waals surface area contributed by atoms with Crippen molar-refractivity contribution in [3.63, 3.8) is 0 Å². The highest BCUT2D eigenvalue weighted by atomic mass is 35.5. The summed E-state index contributed by atoms with van der Waals surface area (Å²) in [5.41, 5.74) is 7.05. The van der Waals surface area contributed by atoms with E-state index in [2.05, 4.69) is 19.2 Å². The lowest BCUT2D eigenvalue weighted by atomic mass is 9.71. The number of nitrogens with one attached hydrogen (secondary N) is 1. The summed E-state index contributed by atoms with van der Waals surface area (Å²) in [6, 6.07) is 7.91. The largest absolute Gasteiger partial charge is 0.377 e. The van der Waals surface area contributed by atoms with Gasteiger partial charge >= 0.3 is 0 Å². The van der Waals surface area contributed by atoms with Crippen LogP contribution < -0.4 is 11.1 Å². The Bertz CT molecular complexity index is 407. The van der Waals surface area contributed by atoms with E-state index in [4.69, 9.17) is 17.3 Å². The minimum Gasteiger partial charge on any atom is -0.377 e. The summed E-state index contributed by atoms with van der Waals surface area (Å²) in [5, 5.41) is 4.38. The molecule has 0 saturated heterocycles. The molecule has 1 aromatic carbocycles. The molecule has 2 nitrogen and oxygen atoms in total. The zero-order valence-corrected chi connectivity index (χ0v) is 12.0. The summed E-state index contributed by atoms with van der Waals surface area (Å²) in [4.78, 5) is 0. The van der Waals surface area contributed by atoms with E-state index in [1.807, 2.05) is 24.3 Å². The van der Waals surface area contributed by atoms with Gasteiger partial charge in [0.25, 0.3) is 0 Å². The van der Waals surface area contributed by atoms with Gasteiger partial charge in [0, 0.05) is 12.1 Å². The molecule has 3 heteroatoms. The van der Waals surface area contributed by atoms with Crippen molar-refractivity contribution in [3.05, 3.63) is 29.3 Å². The van der Waals surface area contributed by atoms with Crippen LogP contribution in [0.25, 0.3) is 0 Å². The second kappa shape index (κ2) is 5.50. The molecule has 100 valence electrons. The molecular weight excluding hydrogens is 244 g/mol. The van der Waals surface area contributed by atoms with Gasteiger partial charge in [-0.15, -0.1) is 0 Å². The van der Waals surface area contributed by atoms with E-state index in [1.54, 1.807) is 0 Å². The number of nitrogens with two attached hydrogens (primary N) is 1. The van der Waals surface area contributed by atoms with E-state index >= 15 is 0 Å². The number of benzene rings is 1. The van der Waals surface area contributed by atoms with Crippen LogP contribution in [0.2, 0.25) is 5.02 Å². The lowest BCUT2D eigenvalue weighted by Crippen LogP contribution is -2.50. The Hall–Kier alpha value is -0.730. The maximum absolute atomic E-state index is 6.22. The number of para-hydroxylation sites is 1. The van der Waals surface area contributed by atoms with Gasteiger partial charge in [0.2, 0.25) is 0 Å². The first kappa shape index (κ1) is 13.7. The van der Waals surface area contributed by atoms with Crippen molar-refractivity contribution in [1.29, 1.82) is 0 Å². The van der Waals surface area contributed by atoms with E-state index in [0.29, 0.717) is 12.5 Å². The lowest BCUT2D eigenvalue weighted by molar-refractivity contribution is 0.196. The maximum atomic E-state index is 6.22. The molecule has 1 saturated carbocycles. The van der Waals surface area contributed by atoms with Gasteiger partial charge in [0.05, 0.1) is 10.7 Å². The molecule has 3 unspecified atom stereocenters. The second-order valence-electron chi connectivity index (χ2n) is 5.79. The van der Waals surface area contributed by atoms with Gasteiger partial charge in [-0.3, -0.25) is 0 Å². The highest BCUT2D eigenvalue weighted by Gasteiger charge is 2.36. The smallest absolute Gasteiger partial charge is 0.0637 e. The average Bonchev–Trinajstić information content (AvgIpc) is 2.37. The summed E-state index contributed by atoms with van der Waals surface area (Å²) in [5.74, 6) is 1.50. The number of halogens is 1. The van der Waals surface area contributed by atoms with E-state index in [9.17, 15) is 0 Å². The van der Waals surface area contributed by atoms with Gasteiger partial charge in [-0.1, -0.05) is 37.6 Å². The first-order valence-corrected chi connectivity index (χ1v) is 7.17.